The molecule has 212 valence electrons. The Morgan fingerprint density at radius 1 is 0.722 bits per heavy atom. The van der Waals surface area contributed by atoms with E-state index in [2.05, 4.69) is 11.7 Å². The lowest BCUT2D eigenvalue weighted by Crippen LogP contribution is -2.69. The molecule has 0 bridgehead atoms. The van der Waals surface area contributed by atoms with E-state index in [0.717, 1.165) is 32.1 Å². The Morgan fingerprint density at radius 3 is 1.58 bits per heavy atom. The van der Waals surface area contributed by atoms with Crippen LogP contribution in [-0.4, -0.2) is 48.6 Å². The number of ether oxygens (including phenoxy) is 1. The minimum atomic E-state index is -7.62. The molecule has 0 N–H and O–H groups in total. The molecule has 0 aromatic carbocycles. The van der Waals surface area contributed by atoms with Gasteiger partial charge in [-0.15, -0.1) is 0 Å². The lowest BCUT2D eigenvalue weighted by atomic mass is 9.69. The second-order valence-corrected chi connectivity index (χ2v) is 9.76. The van der Waals surface area contributed by atoms with Crippen molar-refractivity contribution in [2.45, 2.75) is 101 Å². The van der Waals surface area contributed by atoms with Gasteiger partial charge in [-0.25, -0.2) is 8.78 Å². The highest BCUT2D eigenvalue weighted by molar-refractivity contribution is 5.72. The topological polar surface area (TPSA) is 26.3 Å². The molecule has 0 aliphatic heterocycles. The van der Waals surface area contributed by atoms with Crippen LogP contribution in [0.25, 0.3) is 0 Å². The van der Waals surface area contributed by atoms with Gasteiger partial charge in [-0.2, -0.15) is 43.9 Å². The first kappa shape index (κ1) is 30.9. The fraction of sp³-hybridized carbons (Fsp3) is 0.955. The van der Waals surface area contributed by atoms with Gasteiger partial charge in [-0.1, -0.05) is 26.2 Å². The Kier molecular flexibility index (Phi) is 9.24. The minimum absolute atomic E-state index is 0.147. The van der Waals surface area contributed by atoms with Crippen LogP contribution in [0.15, 0.2) is 0 Å². The molecule has 0 spiro atoms. The highest BCUT2D eigenvalue weighted by atomic mass is 19.4. The van der Waals surface area contributed by atoms with Gasteiger partial charge in [0.25, 0.3) is 0 Å². The second kappa shape index (κ2) is 10.8. The Balaban J connectivity index is 1.98. The lowest BCUT2D eigenvalue weighted by molar-refractivity contribution is -0.414. The van der Waals surface area contributed by atoms with Crippen molar-refractivity contribution in [1.82, 2.24) is 0 Å². The fourth-order valence-electron chi connectivity index (χ4n) is 5.04. The van der Waals surface area contributed by atoms with Crippen LogP contribution in [0.1, 0.15) is 64.7 Å². The lowest BCUT2D eigenvalue weighted by Gasteiger charge is -2.39. The molecule has 0 aromatic heterocycles. The number of hydrogen-bond acceptors (Lipinski definition) is 2. The van der Waals surface area contributed by atoms with Gasteiger partial charge in [0.15, 0.2) is 6.61 Å². The molecule has 2 aliphatic carbocycles. The molecule has 2 fully saturated rings. The van der Waals surface area contributed by atoms with Gasteiger partial charge in [0, 0.05) is 0 Å². The van der Waals surface area contributed by atoms with E-state index in [1.54, 1.807) is 0 Å². The predicted octanol–water partition coefficient (Wildman–Crippen LogP) is 7.99. The van der Waals surface area contributed by atoms with Gasteiger partial charge < -0.3 is 4.74 Å². The fourth-order valence-corrected chi connectivity index (χ4v) is 5.04. The molecular weight excluding hydrogens is 524 g/mol. The van der Waals surface area contributed by atoms with Gasteiger partial charge in [-0.05, 0) is 56.3 Å². The van der Waals surface area contributed by atoms with Gasteiger partial charge in [0.2, 0.25) is 0 Å². The summed E-state index contributed by atoms with van der Waals surface area (Å²) < 4.78 is 163. The number of carbonyl (C=O) groups excluding carboxylic acids is 1. The molecule has 2 saturated carbocycles. The Bertz CT molecular complexity index is 739. The standard InChI is InChI=1S/C22H28F12O2/c1-2-12-3-5-13(6-4-12)14-7-9-15(10-8-14)16(35)36-11-18(25,26)20(29,30)22(33,34)21(31,32)19(27,28)17(23)24/h12-15,17H,2-11H2,1H3/t12-,13-,14-,15-. The third kappa shape index (κ3) is 5.56. The minimum Gasteiger partial charge on any atom is -0.459 e. The molecule has 2 aliphatic rings. The van der Waals surface area contributed by atoms with E-state index in [1.165, 1.54) is 0 Å². The van der Waals surface area contributed by atoms with Crippen molar-refractivity contribution in [2.24, 2.45) is 23.7 Å². The highest BCUT2D eigenvalue weighted by Crippen LogP contribution is 2.58. The average Bonchev–Trinajstić information content (AvgIpc) is 2.82. The average molecular weight is 552 g/mol. The van der Waals surface area contributed by atoms with E-state index in [9.17, 15) is 57.5 Å². The number of alkyl halides is 12. The third-order valence-electron chi connectivity index (χ3n) is 7.58. The number of esters is 1. The number of hydrogen-bond donors (Lipinski definition) is 0. The summed E-state index contributed by atoms with van der Waals surface area (Å²) in [6.07, 6.45) is 0.985. The number of rotatable bonds is 10. The van der Waals surface area contributed by atoms with Crippen LogP contribution in [0.2, 0.25) is 0 Å². The van der Waals surface area contributed by atoms with E-state index >= 15 is 0 Å². The molecule has 2 rings (SSSR count). The summed E-state index contributed by atoms with van der Waals surface area (Å²) in [6, 6.07) is 0. The normalized spacial score (nSPS) is 27.3. The van der Waals surface area contributed by atoms with Crippen LogP contribution in [0.5, 0.6) is 0 Å². The van der Waals surface area contributed by atoms with Crippen LogP contribution in [0.3, 0.4) is 0 Å². The summed E-state index contributed by atoms with van der Waals surface area (Å²) in [4.78, 5) is 12.1. The van der Waals surface area contributed by atoms with Gasteiger partial charge in [-0.3, -0.25) is 4.79 Å². The van der Waals surface area contributed by atoms with Crippen molar-refractivity contribution in [2.75, 3.05) is 6.61 Å². The zero-order valence-electron chi connectivity index (χ0n) is 19.3. The molecule has 2 nitrogen and oxygen atoms in total. The Hall–Kier alpha value is -1.37. The van der Waals surface area contributed by atoms with Crippen molar-refractivity contribution in [3.63, 3.8) is 0 Å². The van der Waals surface area contributed by atoms with Crippen LogP contribution < -0.4 is 0 Å². The van der Waals surface area contributed by atoms with Crippen molar-refractivity contribution in [1.29, 1.82) is 0 Å². The summed E-state index contributed by atoms with van der Waals surface area (Å²) in [6.45, 7) is -0.724. The molecule has 0 saturated heterocycles. The van der Waals surface area contributed by atoms with E-state index < -0.39 is 54.5 Å². The van der Waals surface area contributed by atoms with Crippen molar-refractivity contribution in [3.05, 3.63) is 0 Å². The smallest absolute Gasteiger partial charge is 0.384 e. The second-order valence-electron chi connectivity index (χ2n) is 9.76. The van der Waals surface area contributed by atoms with Gasteiger partial charge in [0.05, 0.1) is 5.92 Å². The Labute approximate surface area is 200 Å². The molecular formula is C22H28F12O2. The summed E-state index contributed by atoms with van der Waals surface area (Å²) in [5.41, 5.74) is 0. The quantitative estimate of drug-likeness (QED) is 0.203. The van der Waals surface area contributed by atoms with E-state index in [4.69, 9.17) is 0 Å². The SMILES string of the molecule is CC[C@H]1CC[C@H]([C@H]2CC[C@H](C(=O)OCC(F)(F)C(F)(F)C(F)(F)C(F)(F)C(F)(F)C(F)F)CC2)CC1. The van der Waals surface area contributed by atoms with E-state index in [0.29, 0.717) is 24.7 Å². The molecule has 14 heteroatoms. The molecule has 36 heavy (non-hydrogen) atoms. The summed E-state index contributed by atoms with van der Waals surface area (Å²) >= 11 is 0. The maximum Gasteiger partial charge on any atom is 0.384 e. The van der Waals surface area contributed by atoms with Crippen LogP contribution in [-0.2, 0) is 9.53 Å². The number of carbonyl (C=O) groups is 1. The molecule has 0 unspecified atom stereocenters. The van der Waals surface area contributed by atoms with Crippen molar-refractivity contribution < 1.29 is 62.2 Å². The zero-order valence-corrected chi connectivity index (χ0v) is 19.3. The largest absolute Gasteiger partial charge is 0.459 e. The maximum absolute atomic E-state index is 13.8. The molecule has 0 aromatic rings. The predicted molar refractivity (Wildman–Crippen MR) is 103 cm³/mol. The molecule has 0 heterocycles. The first-order valence-corrected chi connectivity index (χ1v) is 11.7. The highest BCUT2D eigenvalue weighted by Gasteiger charge is 2.87. The number of halogens is 12. The summed E-state index contributed by atoms with van der Waals surface area (Å²) in [5, 5.41) is 0. The van der Waals surface area contributed by atoms with Crippen LogP contribution >= 0.6 is 0 Å². The zero-order chi connectivity index (χ0) is 27.7. The molecule has 0 radical (unpaired) electrons. The Morgan fingerprint density at radius 2 is 1.17 bits per heavy atom. The summed E-state index contributed by atoms with van der Waals surface area (Å²) in [7, 11) is 0. The first-order valence-electron chi connectivity index (χ1n) is 11.7. The van der Waals surface area contributed by atoms with Crippen molar-refractivity contribution in [3.8, 4) is 0 Å². The van der Waals surface area contributed by atoms with Crippen molar-refractivity contribution >= 4 is 5.97 Å². The van der Waals surface area contributed by atoms with E-state index in [-0.39, 0.29) is 18.8 Å². The molecule has 0 atom stereocenters. The maximum atomic E-state index is 13.8. The van der Waals surface area contributed by atoms with Crippen LogP contribution in [0, 0.1) is 23.7 Å². The van der Waals surface area contributed by atoms with Gasteiger partial charge >= 0.3 is 42.0 Å². The van der Waals surface area contributed by atoms with Crippen LogP contribution in [0.4, 0.5) is 52.7 Å². The monoisotopic (exact) mass is 552 g/mol. The molecule has 0 amide bonds. The third-order valence-corrected chi connectivity index (χ3v) is 7.58. The van der Waals surface area contributed by atoms with Gasteiger partial charge in [0.1, 0.15) is 0 Å². The summed E-state index contributed by atoms with van der Waals surface area (Å²) in [5.74, 6) is -36.9. The first-order chi connectivity index (χ1) is 16.3. The van der Waals surface area contributed by atoms with E-state index in [1.807, 2.05) is 0 Å².